The molecule has 0 radical (unpaired) electrons. The third-order valence-corrected chi connectivity index (χ3v) is 5.95. The van der Waals surface area contributed by atoms with Crippen molar-refractivity contribution in [3.63, 3.8) is 0 Å². The fourth-order valence-corrected chi connectivity index (χ4v) is 4.41. The molecule has 28 heavy (non-hydrogen) atoms. The van der Waals surface area contributed by atoms with Crippen LogP contribution < -0.4 is 11.1 Å². The minimum atomic E-state index is -0.0650. The lowest BCUT2D eigenvalue weighted by Crippen LogP contribution is -2.30. The first-order chi connectivity index (χ1) is 12.5. The Morgan fingerprint density at radius 1 is 1.36 bits per heavy atom. The van der Waals surface area contributed by atoms with Crippen molar-refractivity contribution in [1.82, 2.24) is 20.1 Å². The summed E-state index contributed by atoms with van der Waals surface area (Å²) in [6.07, 6.45) is 6.67. The zero-order valence-corrected chi connectivity index (χ0v) is 18.1. The molecule has 9 heteroatoms. The molecule has 1 aliphatic carbocycles. The first-order valence-electron chi connectivity index (χ1n) is 8.67. The number of hydrogen-bond donors (Lipinski definition) is 2. The molecule has 150 valence electrons. The van der Waals surface area contributed by atoms with Gasteiger partial charge in [-0.05, 0) is 49.4 Å². The molecule has 1 atom stereocenters. The molecule has 2 aromatic heterocycles. The number of nitrogens with two attached hydrogens (primary N) is 1. The van der Waals surface area contributed by atoms with Gasteiger partial charge in [-0.1, -0.05) is 6.07 Å². The number of nitrogens with one attached hydrogen (secondary N) is 1. The van der Waals surface area contributed by atoms with Crippen LogP contribution in [0.5, 0.6) is 0 Å². The standard InChI is InChI=1S/C19H21N5OS.2ClH/c1-11-17(26-19(22-11)13-9-21-24(2)10-13)18(25)23-16-5-3-4-12-8-14(20)6-7-15(12)16;;/h6-10,16H,3-5,20H2,1-2H3,(H,23,25);2*1H. The quantitative estimate of drug-likeness (QED) is 0.601. The maximum atomic E-state index is 12.9. The number of rotatable bonds is 3. The van der Waals surface area contributed by atoms with E-state index in [4.69, 9.17) is 5.73 Å². The molecule has 6 nitrogen and oxygen atoms in total. The summed E-state index contributed by atoms with van der Waals surface area (Å²) in [5.74, 6) is -0.0650. The fourth-order valence-electron chi connectivity index (χ4n) is 3.47. The van der Waals surface area contributed by atoms with Crippen molar-refractivity contribution >= 4 is 47.7 Å². The molecule has 0 aliphatic heterocycles. The molecule has 0 bridgehead atoms. The molecule has 0 spiro atoms. The van der Waals surface area contributed by atoms with Crippen molar-refractivity contribution in [3.8, 4) is 10.6 Å². The molecule has 1 amide bonds. The molecule has 4 rings (SSSR count). The van der Waals surface area contributed by atoms with Crippen LogP contribution in [-0.4, -0.2) is 20.7 Å². The van der Waals surface area contributed by atoms with Crippen molar-refractivity contribution in [2.45, 2.75) is 32.2 Å². The summed E-state index contributed by atoms with van der Waals surface area (Å²) in [7, 11) is 1.87. The van der Waals surface area contributed by atoms with E-state index in [1.54, 1.807) is 10.9 Å². The normalized spacial score (nSPS) is 15.1. The van der Waals surface area contributed by atoms with Gasteiger partial charge in [0, 0.05) is 24.5 Å². The Balaban J connectivity index is 0.00000140. The number of nitrogen functional groups attached to an aromatic ring is 1. The average molecular weight is 440 g/mol. The minimum Gasteiger partial charge on any atom is -0.399 e. The Kier molecular flexibility index (Phi) is 7.09. The second-order valence-electron chi connectivity index (χ2n) is 6.71. The minimum absolute atomic E-state index is 0. The van der Waals surface area contributed by atoms with E-state index in [0.717, 1.165) is 41.2 Å². The second kappa shape index (κ2) is 8.94. The SMILES string of the molecule is Cc1nc(-c2cnn(C)c2)sc1C(=O)NC1CCCc2cc(N)ccc21.Cl.Cl. The summed E-state index contributed by atoms with van der Waals surface area (Å²) in [5, 5.41) is 8.18. The average Bonchev–Trinajstić information content (AvgIpc) is 3.20. The Hall–Kier alpha value is -2.09. The van der Waals surface area contributed by atoms with Crippen LogP contribution in [0.4, 0.5) is 5.69 Å². The van der Waals surface area contributed by atoms with E-state index in [1.807, 2.05) is 38.4 Å². The van der Waals surface area contributed by atoms with Gasteiger partial charge in [0.2, 0.25) is 0 Å². The van der Waals surface area contributed by atoms with Crippen molar-refractivity contribution in [3.05, 3.63) is 52.3 Å². The number of nitrogens with zero attached hydrogens (tertiary/aromatic N) is 3. The van der Waals surface area contributed by atoms with Gasteiger partial charge in [-0.3, -0.25) is 9.48 Å². The molecule has 0 saturated heterocycles. The summed E-state index contributed by atoms with van der Waals surface area (Å²) < 4.78 is 1.73. The molecule has 1 aromatic carbocycles. The van der Waals surface area contributed by atoms with Crippen LogP contribution in [0.25, 0.3) is 10.6 Å². The number of hydrogen-bond acceptors (Lipinski definition) is 5. The zero-order valence-electron chi connectivity index (χ0n) is 15.6. The van der Waals surface area contributed by atoms with Gasteiger partial charge in [0.1, 0.15) is 9.88 Å². The molecular weight excluding hydrogens is 417 g/mol. The van der Waals surface area contributed by atoms with E-state index in [9.17, 15) is 4.79 Å². The van der Waals surface area contributed by atoms with Crippen molar-refractivity contribution in [1.29, 1.82) is 0 Å². The lowest BCUT2D eigenvalue weighted by Gasteiger charge is -2.26. The van der Waals surface area contributed by atoms with Gasteiger partial charge in [-0.15, -0.1) is 36.2 Å². The third-order valence-electron chi connectivity index (χ3n) is 4.74. The van der Waals surface area contributed by atoms with E-state index in [0.29, 0.717) is 4.88 Å². The van der Waals surface area contributed by atoms with E-state index < -0.39 is 0 Å². The summed E-state index contributed by atoms with van der Waals surface area (Å²) in [5.41, 5.74) is 10.8. The summed E-state index contributed by atoms with van der Waals surface area (Å²) in [6.45, 7) is 1.88. The maximum absolute atomic E-state index is 12.9. The molecule has 1 aliphatic rings. The largest absolute Gasteiger partial charge is 0.399 e. The van der Waals surface area contributed by atoms with Gasteiger partial charge in [-0.25, -0.2) is 4.98 Å². The van der Waals surface area contributed by atoms with Crippen LogP contribution in [0, 0.1) is 6.92 Å². The number of thiazole rings is 1. The van der Waals surface area contributed by atoms with Gasteiger partial charge < -0.3 is 11.1 Å². The first-order valence-corrected chi connectivity index (χ1v) is 9.48. The van der Waals surface area contributed by atoms with E-state index in [-0.39, 0.29) is 36.8 Å². The van der Waals surface area contributed by atoms with Crippen LogP contribution >= 0.6 is 36.2 Å². The van der Waals surface area contributed by atoms with Crippen LogP contribution in [-0.2, 0) is 13.5 Å². The second-order valence-corrected chi connectivity index (χ2v) is 7.71. The molecule has 0 fully saturated rings. The van der Waals surface area contributed by atoms with E-state index in [1.165, 1.54) is 22.5 Å². The molecule has 3 aromatic rings. The molecular formula is C19H23Cl2N5OS. The van der Waals surface area contributed by atoms with E-state index in [2.05, 4.69) is 15.4 Å². The van der Waals surface area contributed by atoms with Crippen LogP contribution in [0.2, 0.25) is 0 Å². The zero-order chi connectivity index (χ0) is 18.3. The molecule has 3 N–H and O–H groups in total. The summed E-state index contributed by atoms with van der Waals surface area (Å²) >= 11 is 1.41. The lowest BCUT2D eigenvalue weighted by molar-refractivity contribution is 0.0936. The predicted octanol–water partition coefficient (Wildman–Crippen LogP) is 4.09. The smallest absolute Gasteiger partial charge is 0.263 e. The number of aryl methyl sites for hydroxylation is 3. The molecule has 0 saturated carbocycles. The monoisotopic (exact) mass is 439 g/mol. The highest BCUT2D eigenvalue weighted by atomic mass is 35.5. The third kappa shape index (κ3) is 4.32. The van der Waals surface area contributed by atoms with Gasteiger partial charge in [0.05, 0.1) is 17.9 Å². The van der Waals surface area contributed by atoms with Gasteiger partial charge >= 0.3 is 0 Å². The van der Waals surface area contributed by atoms with E-state index >= 15 is 0 Å². The Labute approximate surface area is 180 Å². The van der Waals surface area contributed by atoms with Crippen LogP contribution in [0.1, 0.15) is 45.4 Å². The highest BCUT2D eigenvalue weighted by Gasteiger charge is 2.24. The highest BCUT2D eigenvalue weighted by molar-refractivity contribution is 7.17. The Morgan fingerprint density at radius 3 is 2.86 bits per heavy atom. The number of benzene rings is 1. The highest BCUT2D eigenvalue weighted by Crippen LogP contribution is 2.32. The number of carbonyl (C=O) groups excluding carboxylic acids is 1. The molecule has 2 heterocycles. The Bertz CT molecular complexity index is 985. The van der Waals surface area contributed by atoms with Crippen LogP contribution in [0.15, 0.2) is 30.6 Å². The number of fused-ring (bicyclic) bond motifs is 1. The van der Waals surface area contributed by atoms with Crippen molar-refractivity contribution in [2.75, 3.05) is 5.73 Å². The van der Waals surface area contributed by atoms with Gasteiger partial charge in [0.15, 0.2) is 0 Å². The number of halogens is 2. The van der Waals surface area contributed by atoms with Gasteiger partial charge in [-0.2, -0.15) is 5.10 Å². The van der Waals surface area contributed by atoms with Crippen molar-refractivity contribution in [2.24, 2.45) is 7.05 Å². The number of amides is 1. The lowest BCUT2D eigenvalue weighted by atomic mass is 9.87. The Morgan fingerprint density at radius 2 is 2.14 bits per heavy atom. The molecule has 1 unspecified atom stereocenters. The maximum Gasteiger partial charge on any atom is 0.263 e. The topological polar surface area (TPSA) is 85.8 Å². The van der Waals surface area contributed by atoms with Gasteiger partial charge in [0.25, 0.3) is 5.91 Å². The number of anilines is 1. The fraction of sp³-hybridized carbons (Fsp3) is 0.316. The first kappa shape index (κ1) is 22.2. The number of carbonyl (C=O) groups is 1. The predicted molar refractivity (Wildman–Crippen MR) is 118 cm³/mol. The summed E-state index contributed by atoms with van der Waals surface area (Å²) in [4.78, 5) is 18.1. The number of aromatic nitrogens is 3. The summed E-state index contributed by atoms with van der Waals surface area (Å²) in [6, 6.07) is 5.98. The van der Waals surface area contributed by atoms with Crippen molar-refractivity contribution < 1.29 is 4.79 Å². The van der Waals surface area contributed by atoms with Crippen LogP contribution in [0.3, 0.4) is 0 Å².